The summed E-state index contributed by atoms with van der Waals surface area (Å²) in [6.45, 7) is 0.0503. The van der Waals surface area contributed by atoms with Crippen LogP contribution in [-0.2, 0) is 0 Å². The van der Waals surface area contributed by atoms with Crippen LogP contribution >= 0.6 is 0 Å². The fourth-order valence-electron chi connectivity index (χ4n) is 2.23. The second-order valence-corrected chi connectivity index (χ2v) is 4.97. The minimum atomic E-state index is -0.0246. The van der Waals surface area contributed by atoms with Crippen molar-refractivity contribution in [2.24, 2.45) is 0 Å². The number of Topliss-reactive ketones (excluding diaryl/α,β-unsaturated/α-hetero) is 1. The van der Waals surface area contributed by atoms with Crippen molar-refractivity contribution in [2.75, 3.05) is 6.61 Å². The molecule has 0 spiro atoms. The number of ketones is 1. The molecule has 0 saturated heterocycles. The molecule has 22 heavy (non-hydrogen) atoms. The predicted octanol–water partition coefficient (Wildman–Crippen LogP) is 4.62. The number of carbonyl (C=O) groups excluding carboxylic acids is 1. The molecule has 0 fully saturated rings. The van der Waals surface area contributed by atoms with Gasteiger partial charge >= 0.3 is 0 Å². The number of benzene rings is 3. The smallest absolute Gasteiger partial charge is 0.200 e. The zero-order chi connectivity index (χ0) is 15.2. The van der Waals surface area contributed by atoms with Gasteiger partial charge in [0.1, 0.15) is 5.75 Å². The lowest BCUT2D eigenvalue weighted by Gasteiger charge is -2.06. The first-order valence-electron chi connectivity index (χ1n) is 7.19. The lowest BCUT2D eigenvalue weighted by atomic mass is 10.0. The molecular formula is C20H16O2. The minimum absolute atomic E-state index is 0.0246. The summed E-state index contributed by atoms with van der Waals surface area (Å²) < 4.78 is 5.49. The van der Waals surface area contributed by atoms with Gasteiger partial charge < -0.3 is 4.74 Å². The third kappa shape index (κ3) is 3.41. The average molecular weight is 288 g/mol. The van der Waals surface area contributed by atoms with Crippen molar-refractivity contribution in [1.82, 2.24) is 0 Å². The molecule has 3 aromatic carbocycles. The second-order valence-electron chi connectivity index (χ2n) is 4.97. The Kier molecular flexibility index (Phi) is 4.30. The summed E-state index contributed by atoms with van der Waals surface area (Å²) in [4.78, 5) is 12.1. The highest BCUT2D eigenvalue weighted by Crippen LogP contribution is 2.19. The third-order valence-corrected chi connectivity index (χ3v) is 3.43. The quantitative estimate of drug-likeness (QED) is 0.641. The summed E-state index contributed by atoms with van der Waals surface area (Å²) >= 11 is 0. The number of hydrogen-bond donors (Lipinski definition) is 0. The number of rotatable bonds is 5. The van der Waals surface area contributed by atoms with Crippen LogP contribution in [0.4, 0.5) is 0 Å². The van der Waals surface area contributed by atoms with E-state index in [1.165, 1.54) is 0 Å². The first kappa shape index (κ1) is 14.1. The summed E-state index contributed by atoms with van der Waals surface area (Å²) in [5.41, 5.74) is 2.90. The Morgan fingerprint density at radius 2 is 1.23 bits per heavy atom. The van der Waals surface area contributed by atoms with Gasteiger partial charge in [0.05, 0.1) is 0 Å². The van der Waals surface area contributed by atoms with Crippen molar-refractivity contribution in [3.05, 3.63) is 90.5 Å². The van der Waals surface area contributed by atoms with Crippen molar-refractivity contribution in [2.45, 2.75) is 0 Å². The fraction of sp³-hybridized carbons (Fsp3) is 0.0500. The molecule has 108 valence electrons. The fourth-order valence-corrected chi connectivity index (χ4v) is 2.23. The van der Waals surface area contributed by atoms with Crippen LogP contribution in [0, 0.1) is 0 Å². The number of ether oxygens (including phenoxy) is 1. The van der Waals surface area contributed by atoms with E-state index in [4.69, 9.17) is 4.74 Å². The first-order valence-corrected chi connectivity index (χ1v) is 7.19. The second kappa shape index (κ2) is 6.72. The highest BCUT2D eigenvalue weighted by molar-refractivity contribution is 5.97. The van der Waals surface area contributed by atoms with Crippen molar-refractivity contribution < 1.29 is 9.53 Å². The van der Waals surface area contributed by atoms with Gasteiger partial charge in [0.25, 0.3) is 0 Å². The van der Waals surface area contributed by atoms with Crippen LogP contribution < -0.4 is 4.74 Å². The molecule has 0 aliphatic carbocycles. The highest BCUT2D eigenvalue weighted by Gasteiger charge is 2.07. The molecule has 2 nitrogen and oxygen atoms in total. The van der Waals surface area contributed by atoms with Gasteiger partial charge in [-0.15, -0.1) is 0 Å². The van der Waals surface area contributed by atoms with E-state index >= 15 is 0 Å². The Bertz CT molecular complexity index is 732. The monoisotopic (exact) mass is 288 g/mol. The molecule has 0 saturated carbocycles. The molecule has 0 unspecified atom stereocenters. The molecule has 3 rings (SSSR count). The lowest BCUT2D eigenvalue weighted by molar-refractivity contribution is 0.0921. The van der Waals surface area contributed by atoms with Crippen LogP contribution in [0.25, 0.3) is 11.1 Å². The Morgan fingerprint density at radius 1 is 0.682 bits per heavy atom. The molecule has 0 N–H and O–H groups in total. The normalized spacial score (nSPS) is 10.2. The van der Waals surface area contributed by atoms with Gasteiger partial charge in [0.2, 0.25) is 0 Å². The van der Waals surface area contributed by atoms with Crippen molar-refractivity contribution in [3.63, 3.8) is 0 Å². The Hall–Kier alpha value is -2.87. The number of carbonyl (C=O) groups is 1. The SMILES string of the molecule is O=C(COc1ccccc1)c1ccc(-c2ccccc2)cc1. The van der Waals surface area contributed by atoms with Crippen molar-refractivity contribution in [1.29, 1.82) is 0 Å². The first-order chi connectivity index (χ1) is 10.8. The lowest BCUT2D eigenvalue weighted by Crippen LogP contribution is -2.11. The molecule has 2 heteroatoms. The van der Waals surface area contributed by atoms with Crippen molar-refractivity contribution in [3.8, 4) is 16.9 Å². The van der Waals surface area contributed by atoms with E-state index in [1.54, 1.807) is 0 Å². The molecular weight excluding hydrogens is 272 g/mol. The summed E-state index contributed by atoms with van der Waals surface area (Å²) in [5.74, 6) is 0.681. The third-order valence-electron chi connectivity index (χ3n) is 3.43. The summed E-state index contributed by atoms with van der Waals surface area (Å²) in [6.07, 6.45) is 0. The maximum absolute atomic E-state index is 12.1. The zero-order valence-corrected chi connectivity index (χ0v) is 12.1. The van der Waals surface area contributed by atoms with E-state index in [9.17, 15) is 4.79 Å². The Labute approximate surface area is 130 Å². The van der Waals surface area contributed by atoms with Crippen LogP contribution in [0.1, 0.15) is 10.4 Å². The summed E-state index contributed by atoms with van der Waals surface area (Å²) in [5, 5.41) is 0. The molecule has 0 aromatic heterocycles. The summed E-state index contributed by atoms with van der Waals surface area (Å²) in [6, 6.07) is 27.1. The molecule has 0 bridgehead atoms. The van der Waals surface area contributed by atoms with Gasteiger partial charge in [0, 0.05) is 5.56 Å². The van der Waals surface area contributed by atoms with Crippen LogP contribution in [0.2, 0.25) is 0 Å². The van der Waals surface area contributed by atoms with Crippen LogP contribution in [-0.4, -0.2) is 12.4 Å². The van der Waals surface area contributed by atoms with E-state index in [2.05, 4.69) is 12.1 Å². The predicted molar refractivity (Wildman–Crippen MR) is 88.1 cm³/mol. The molecule has 0 radical (unpaired) electrons. The van der Waals surface area contributed by atoms with E-state index in [0.29, 0.717) is 11.3 Å². The maximum atomic E-state index is 12.1. The average Bonchev–Trinajstić information content (AvgIpc) is 2.61. The van der Waals surface area contributed by atoms with Crippen molar-refractivity contribution >= 4 is 5.78 Å². The largest absolute Gasteiger partial charge is 0.485 e. The van der Waals surface area contributed by atoms with Gasteiger partial charge in [-0.1, -0.05) is 72.8 Å². The van der Waals surface area contributed by atoms with E-state index in [0.717, 1.165) is 11.1 Å². The minimum Gasteiger partial charge on any atom is -0.485 e. The molecule has 0 aliphatic rings. The van der Waals surface area contributed by atoms with E-state index in [1.807, 2.05) is 72.8 Å². The zero-order valence-electron chi connectivity index (χ0n) is 12.1. The molecule has 0 amide bonds. The molecule has 0 atom stereocenters. The summed E-state index contributed by atoms with van der Waals surface area (Å²) in [7, 11) is 0. The molecule has 0 heterocycles. The van der Waals surface area contributed by atoms with Crippen LogP contribution in [0.15, 0.2) is 84.9 Å². The standard InChI is InChI=1S/C20H16O2/c21-20(15-22-19-9-5-2-6-10-19)18-13-11-17(12-14-18)16-7-3-1-4-8-16/h1-14H,15H2. The van der Waals surface area contributed by atoms with E-state index < -0.39 is 0 Å². The number of para-hydroxylation sites is 1. The van der Waals surface area contributed by atoms with Crippen LogP contribution in [0.3, 0.4) is 0 Å². The Balaban J connectivity index is 1.66. The molecule has 3 aromatic rings. The van der Waals surface area contributed by atoms with E-state index in [-0.39, 0.29) is 12.4 Å². The van der Waals surface area contributed by atoms with Gasteiger partial charge in [0.15, 0.2) is 12.4 Å². The topological polar surface area (TPSA) is 26.3 Å². The van der Waals surface area contributed by atoms with Crippen LogP contribution in [0.5, 0.6) is 5.75 Å². The molecule has 0 aliphatic heterocycles. The number of hydrogen-bond acceptors (Lipinski definition) is 2. The Morgan fingerprint density at radius 3 is 1.86 bits per heavy atom. The van der Waals surface area contributed by atoms with Gasteiger partial charge in [-0.05, 0) is 23.3 Å². The van der Waals surface area contributed by atoms with Gasteiger partial charge in [-0.3, -0.25) is 4.79 Å². The van der Waals surface area contributed by atoms with Gasteiger partial charge in [-0.2, -0.15) is 0 Å². The van der Waals surface area contributed by atoms with Gasteiger partial charge in [-0.25, -0.2) is 0 Å². The highest BCUT2D eigenvalue weighted by atomic mass is 16.5. The maximum Gasteiger partial charge on any atom is 0.200 e.